The number of carbonyl (C=O) groups is 4. The summed E-state index contributed by atoms with van der Waals surface area (Å²) in [7, 11) is 3.00. The predicted octanol–water partition coefficient (Wildman–Crippen LogP) is 4.90. The van der Waals surface area contributed by atoms with Gasteiger partial charge >= 0.3 is 18.1 Å². The van der Waals surface area contributed by atoms with Crippen molar-refractivity contribution in [3.05, 3.63) is 16.1 Å². The molecule has 2 amide bonds. The lowest BCUT2D eigenvalue weighted by molar-refractivity contribution is -0.146. The van der Waals surface area contributed by atoms with Crippen LogP contribution < -0.4 is 5.32 Å². The van der Waals surface area contributed by atoms with Crippen LogP contribution in [0.15, 0.2) is 10.4 Å². The molecular weight excluding hydrogens is 633 g/mol. The quantitative estimate of drug-likeness (QED) is 0.245. The van der Waals surface area contributed by atoms with Gasteiger partial charge in [0.05, 0.1) is 18.0 Å². The summed E-state index contributed by atoms with van der Waals surface area (Å²) >= 11 is 2.11. The average Bonchev–Trinajstić information content (AvgIpc) is 3.43. The van der Waals surface area contributed by atoms with Crippen LogP contribution in [0.5, 0.6) is 0 Å². The van der Waals surface area contributed by atoms with Crippen LogP contribution in [0.2, 0.25) is 0 Å². The average molecular weight is 677 g/mol. The number of aromatic nitrogens is 1. The highest BCUT2D eigenvalue weighted by molar-refractivity contribution is 8.14. The van der Waals surface area contributed by atoms with E-state index in [9.17, 15) is 32.3 Å². The van der Waals surface area contributed by atoms with Crippen molar-refractivity contribution in [1.29, 1.82) is 0 Å². The van der Waals surface area contributed by atoms with Crippen LogP contribution in [0.3, 0.4) is 0 Å². The first-order valence-corrected chi connectivity index (χ1v) is 17.0. The van der Waals surface area contributed by atoms with Gasteiger partial charge in [0.1, 0.15) is 11.1 Å². The maximum Gasteiger partial charge on any atom is 0.434 e. The second-order valence-corrected chi connectivity index (χ2v) is 14.1. The van der Waals surface area contributed by atoms with Gasteiger partial charge < -0.3 is 19.7 Å². The van der Waals surface area contributed by atoms with Crippen molar-refractivity contribution in [1.82, 2.24) is 15.2 Å². The van der Waals surface area contributed by atoms with Crippen molar-refractivity contribution < 1.29 is 41.8 Å². The number of amides is 2. The summed E-state index contributed by atoms with van der Waals surface area (Å²) in [6.45, 7) is 6.89. The monoisotopic (exact) mass is 676 g/mol. The van der Waals surface area contributed by atoms with Crippen molar-refractivity contribution in [3.63, 3.8) is 0 Å². The Balaban J connectivity index is 1.73. The number of esters is 2. The SMILES string of the molecule is COC(=O)[C@@H](C)C[C@H](Cc1nc(C(F)(F)F)cs1)NC(=O)C1CSC([C@@H](CC(C(C)C)N(C)C(=O)CCC2CC2)OC(C)=O)=N1. The number of carbonyl (C=O) groups excluding carboxylic acids is 4. The van der Waals surface area contributed by atoms with Gasteiger partial charge in [-0.1, -0.05) is 33.6 Å². The molecule has 10 nitrogen and oxygen atoms in total. The molecule has 0 saturated heterocycles. The minimum absolute atomic E-state index is 0.0164. The van der Waals surface area contributed by atoms with Crippen LogP contribution in [0, 0.1) is 17.8 Å². The largest absolute Gasteiger partial charge is 0.469 e. The van der Waals surface area contributed by atoms with Gasteiger partial charge in [-0.15, -0.1) is 23.1 Å². The fourth-order valence-corrected chi connectivity index (χ4v) is 7.22. The molecule has 5 atom stereocenters. The van der Waals surface area contributed by atoms with E-state index in [0.29, 0.717) is 23.8 Å². The fourth-order valence-electron chi connectivity index (χ4n) is 5.26. The third-order valence-electron chi connectivity index (χ3n) is 7.99. The molecule has 0 spiro atoms. The zero-order chi connectivity index (χ0) is 33.5. The lowest BCUT2D eigenvalue weighted by Gasteiger charge is -2.34. The number of nitrogens with zero attached hydrogens (tertiary/aromatic N) is 3. The number of thioether (sulfide) groups is 1. The molecule has 1 aliphatic carbocycles. The molecule has 1 fully saturated rings. The first-order chi connectivity index (χ1) is 21.1. The van der Waals surface area contributed by atoms with Gasteiger partial charge in [-0.25, -0.2) is 4.98 Å². The number of hydrogen-bond acceptors (Lipinski definition) is 10. The Morgan fingerprint density at radius 3 is 2.40 bits per heavy atom. The van der Waals surface area contributed by atoms with Crippen LogP contribution in [-0.4, -0.2) is 82.8 Å². The lowest BCUT2D eigenvalue weighted by atomic mass is 9.96. The van der Waals surface area contributed by atoms with Gasteiger partial charge in [0.2, 0.25) is 11.8 Å². The van der Waals surface area contributed by atoms with Gasteiger partial charge in [-0.3, -0.25) is 24.2 Å². The van der Waals surface area contributed by atoms with Crippen molar-refractivity contribution in [2.24, 2.45) is 22.7 Å². The van der Waals surface area contributed by atoms with Crippen LogP contribution in [-0.2, 0) is 41.2 Å². The van der Waals surface area contributed by atoms with Crippen molar-refractivity contribution in [2.45, 2.75) is 103 Å². The van der Waals surface area contributed by atoms with E-state index in [-0.39, 0.29) is 41.5 Å². The molecule has 2 unspecified atom stereocenters. The fraction of sp³-hybridized carbons (Fsp3) is 0.733. The maximum absolute atomic E-state index is 13.4. The molecule has 1 saturated carbocycles. The Hall–Kier alpha value is -2.68. The Kier molecular flexibility index (Phi) is 13.3. The number of hydrogen-bond donors (Lipinski definition) is 1. The summed E-state index contributed by atoms with van der Waals surface area (Å²) in [5, 5.41) is 4.39. The van der Waals surface area contributed by atoms with E-state index in [1.165, 1.54) is 38.6 Å². The minimum atomic E-state index is -4.59. The molecule has 252 valence electrons. The number of nitrogens with one attached hydrogen (secondary N) is 1. The number of methoxy groups -OCH3 is 1. The van der Waals surface area contributed by atoms with Crippen LogP contribution in [0.4, 0.5) is 13.2 Å². The smallest absolute Gasteiger partial charge is 0.434 e. The van der Waals surface area contributed by atoms with E-state index >= 15 is 0 Å². The molecule has 1 aromatic rings. The van der Waals surface area contributed by atoms with Gasteiger partial charge in [-0.05, 0) is 24.7 Å². The van der Waals surface area contributed by atoms with Gasteiger partial charge in [0.15, 0.2) is 11.8 Å². The number of aliphatic imine (C=N–C) groups is 1. The topological polar surface area (TPSA) is 127 Å². The standard InChI is InChI=1S/C30H43F3N4O6S2/c1-16(2)22(37(5)26(39)10-9-19-7-8-19)13-23(43-18(4)38)28-35-21(14-45-28)27(40)34-20(11-17(3)29(41)42-6)12-25-36-24(15-44-25)30(31,32)33/h15-17,19-23H,7-14H2,1-6H3,(H,34,40)/t17-,20+,21?,22?,23+/m0/s1. The lowest BCUT2D eigenvalue weighted by Crippen LogP contribution is -2.44. The van der Waals surface area contributed by atoms with Gasteiger partial charge in [-0.2, -0.15) is 13.2 Å². The Bertz CT molecular complexity index is 1240. The summed E-state index contributed by atoms with van der Waals surface area (Å²) in [6.07, 6.45) is -1.28. The van der Waals surface area contributed by atoms with Crippen molar-refractivity contribution in [3.8, 4) is 0 Å². The Morgan fingerprint density at radius 2 is 1.84 bits per heavy atom. The second kappa shape index (κ2) is 16.2. The molecule has 1 aromatic heterocycles. The Labute approximate surface area is 270 Å². The Morgan fingerprint density at radius 1 is 1.16 bits per heavy atom. The maximum atomic E-state index is 13.4. The molecule has 45 heavy (non-hydrogen) atoms. The van der Waals surface area contributed by atoms with Gasteiger partial charge in [0.25, 0.3) is 0 Å². The number of alkyl halides is 3. The summed E-state index contributed by atoms with van der Waals surface area (Å²) in [6, 6.07) is -1.80. The summed E-state index contributed by atoms with van der Waals surface area (Å²) in [4.78, 5) is 60.5. The number of halogens is 3. The van der Waals surface area contributed by atoms with Crippen molar-refractivity contribution in [2.75, 3.05) is 19.9 Å². The van der Waals surface area contributed by atoms with E-state index in [0.717, 1.165) is 23.1 Å². The molecule has 2 aliphatic rings. The minimum Gasteiger partial charge on any atom is -0.469 e. The third kappa shape index (κ3) is 11.3. The molecule has 2 heterocycles. The first-order valence-electron chi connectivity index (χ1n) is 15.1. The molecular formula is C30H43F3N4O6S2. The molecule has 15 heteroatoms. The van der Waals surface area contributed by atoms with Crippen LogP contribution in [0.1, 0.15) is 76.9 Å². The first kappa shape index (κ1) is 36.8. The highest BCUT2D eigenvalue weighted by Crippen LogP contribution is 2.34. The number of rotatable bonds is 16. The molecule has 0 bridgehead atoms. The van der Waals surface area contributed by atoms with Crippen molar-refractivity contribution >= 4 is 51.9 Å². The molecule has 0 radical (unpaired) electrons. The number of thiazole rings is 1. The van der Waals surface area contributed by atoms with E-state index in [1.54, 1.807) is 18.9 Å². The zero-order valence-electron chi connectivity index (χ0n) is 26.5. The summed E-state index contributed by atoms with van der Waals surface area (Å²) in [5.41, 5.74) is -1.01. The van der Waals surface area contributed by atoms with Crippen LogP contribution in [0.25, 0.3) is 0 Å². The summed E-state index contributed by atoms with van der Waals surface area (Å²) < 4.78 is 49.8. The van der Waals surface area contributed by atoms with E-state index in [2.05, 4.69) is 15.3 Å². The van der Waals surface area contributed by atoms with Crippen LogP contribution >= 0.6 is 23.1 Å². The highest BCUT2D eigenvalue weighted by atomic mass is 32.2. The van der Waals surface area contributed by atoms with Gasteiger partial charge in [0, 0.05) is 56.5 Å². The van der Waals surface area contributed by atoms with E-state index in [1.807, 2.05) is 13.8 Å². The molecule has 1 aliphatic heterocycles. The highest BCUT2D eigenvalue weighted by Gasteiger charge is 2.37. The number of ether oxygens (including phenoxy) is 2. The molecule has 3 rings (SSSR count). The third-order valence-corrected chi connectivity index (χ3v) is 10.0. The van der Waals surface area contributed by atoms with E-state index in [4.69, 9.17) is 9.47 Å². The normalized spacial score (nSPS) is 19.3. The predicted molar refractivity (Wildman–Crippen MR) is 166 cm³/mol. The molecule has 1 N–H and O–H groups in total. The van der Waals surface area contributed by atoms with E-state index < -0.39 is 53.8 Å². The zero-order valence-corrected chi connectivity index (χ0v) is 28.2. The summed E-state index contributed by atoms with van der Waals surface area (Å²) in [5.74, 6) is -1.15. The second-order valence-electron chi connectivity index (χ2n) is 12.1. The molecule has 0 aromatic carbocycles.